The molecule has 2 saturated carbocycles. The molecule has 0 aromatic heterocycles. The van der Waals surface area contributed by atoms with Crippen LogP contribution in [-0.2, 0) is 33.2 Å². The monoisotopic (exact) mass is 408 g/mol. The Morgan fingerprint density at radius 2 is 1.41 bits per heavy atom. The molecule has 5 aliphatic rings. The summed E-state index contributed by atoms with van der Waals surface area (Å²) < 4.78 is 37.5. The normalized spacial score (nSPS) is 39.8. The molecule has 5 rings (SSSR count). The molecule has 162 valence electrons. The number of fused-ring (bicyclic) bond motifs is 3. The van der Waals surface area contributed by atoms with Gasteiger partial charge in [0.25, 0.3) is 0 Å². The molecule has 29 heavy (non-hydrogen) atoms. The van der Waals surface area contributed by atoms with Crippen molar-refractivity contribution >= 4 is 5.97 Å². The molecule has 2 aliphatic carbocycles. The molecular weight excluding hydrogens is 376 g/mol. The maximum absolute atomic E-state index is 11.9. The van der Waals surface area contributed by atoms with Gasteiger partial charge in [-0.25, -0.2) is 4.79 Å². The Morgan fingerprint density at radius 1 is 0.862 bits per heavy atom. The van der Waals surface area contributed by atoms with E-state index >= 15 is 0 Å². The predicted octanol–water partition coefficient (Wildman–Crippen LogP) is 3.35. The third-order valence-corrected chi connectivity index (χ3v) is 6.93. The Balaban J connectivity index is 1.36. The van der Waals surface area contributed by atoms with Gasteiger partial charge in [0.2, 0.25) is 0 Å². The molecule has 5 fully saturated rings. The van der Waals surface area contributed by atoms with E-state index in [1.807, 2.05) is 0 Å². The highest BCUT2D eigenvalue weighted by molar-refractivity contribution is 5.86. The Bertz CT molecular complexity index is 650. The molecule has 0 N–H and O–H groups in total. The lowest BCUT2D eigenvalue weighted by Gasteiger charge is -2.36. The van der Waals surface area contributed by atoms with Gasteiger partial charge < -0.3 is 28.4 Å². The highest BCUT2D eigenvalue weighted by Crippen LogP contribution is 2.50. The van der Waals surface area contributed by atoms with Crippen molar-refractivity contribution in [2.75, 3.05) is 6.61 Å². The highest BCUT2D eigenvalue weighted by atomic mass is 16.9. The molecule has 0 bridgehead atoms. The zero-order valence-electron chi connectivity index (χ0n) is 17.2. The van der Waals surface area contributed by atoms with E-state index in [0.717, 1.165) is 51.4 Å². The van der Waals surface area contributed by atoms with Crippen molar-refractivity contribution < 1.29 is 33.2 Å². The fourth-order valence-corrected chi connectivity index (χ4v) is 5.45. The molecule has 3 aliphatic heterocycles. The molecule has 0 radical (unpaired) electrons. The summed E-state index contributed by atoms with van der Waals surface area (Å²) >= 11 is 0. The summed E-state index contributed by atoms with van der Waals surface area (Å²) in [5, 5.41) is 0. The van der Waals surface area contributed by atoms with Gasteiger partial charge in [-0.2, -0.15) is 0 Å². The summed E-state index contributed by atoms with van der Waals surface area (Å²) in [5.41, 5.74) is 0.365. The van der Waals surface area contributed by atoms with Crippen LogP contribution in [-0.4, -0.2) is 54.9 Å². The van der Waals surface area contributed by atoms with E-state index in [-0.39, 0.29) is 24.9 Å². The second-order valence-corrected chi connectivity index (χ2v) is 9.23. The average Bonchev–Trinajstić information content (AvgIpc) is 3.25. The molecule has 0 aromatic carbocycles. The van der Waals surface area contributed by atoms with Crippen LogP contribution in [0.4, 0.5) is 0 Å². The minimum Gasteiger partial charge on any atom is -0.459 e. The van der Waals surface area contributed by atoms with Crippen LogP contribution in [0.2, 0.25) is 0 Å². The lowest BCUT2D eigenvalue weighted by molar-refractivity contribution is -0.255. The zero-order valence-corrected chi connectivity index (χ0v) is 17.2. The van der Waals surface area contributed by atoms with E-state index in [9.17, 15) is 4.79 Å². The Kier molecular flexibility index (Phi) is 5.23. The van der Waals surface area contributed by atoms with Crippen LogP contribution in [0, 0.1) is 0 Å². The van der Waals surface area contributed by atoms with Crippen LogP contribution in [0.5, 0.6) is 0 Å². The van der Waals surface area contributed by atoms with Gasteiger partial charge >= 0.3 is 5.97 Å². The van der Waals surface area contributed by atoms with Crippen LogP contribution in [0.25, 0.3) is 0 Å². The second-order valence-electron chi connectivity index (χ2n) is 9.23. The summed E-state index contributed by atoms with van der Waals surface area (Å²) in [7, 11) is 0. The van der Waals surface area contributed by atoms with Crippen molar-refractivity contribution in [3.05, 3.63) is 12.2 Å². The van der Waals surface area contributed by atoms with Gasteiger partial charge in [0.15, 0.2) is 17.9 Å². The topological polar surface area (TPSA) is 72.5 Å². The number of hydrogen-bond acceptors (Lipinski definition) is 7. The second kappa shape index (κ2) is 7.61. The number of esters is 1. The standard InChI is InChI=1S/C22H32O7/c1-14(2)19(23)24-13-15-16-17(27-21(26-16)9-5-3-6-10-21)18-20(25-15)29-22(28-18)11-7-4-8-12-22/h15-18,20H,1,3-13H2,2H3/t15-,16-,17+,18-,20-/m1/s1. The van der Waals surface area contributed by atoms with E-state index in [1.54, 1.807) is 6.92 Å². The van der Waals surface area contributed by atoms with Gasteiger partial charge in [0.1, 0.15) is 31.0 Å². The largest absolute Gasteiger partial charge is 0.459 e. The molecule has 0 amide bonds. The SMILES string of the molecule is C=C(C)C(=O)OC[C@H]1O[C@@H]2OC3(CCCCC3)O[C@@H]2[C@H]2OC3(CCCCC3)O[C@@H]21. The number of rotatable bonds is 3. The first kappa shape index (κ1) is 19.9. The number of ether oxygens (including phenoxy) is 6. The Morgan fingerprint density at radius 3 is 2.03 bits per heavy atom. The fourth-order valence-electron chi connectivity index (χ4n) is 5.45. The predicted molar refractivity (Wildman–Crippen MR) is 102 cm³/mol. The van der Waals surface area contributed by atoms with Crippen LogP contribution in [0.15, 0.2) is 12.2 Å². The number of hydrogen-bond donors (Lipinski definition) is 0. The lowest BCUT2D eigenvalue weighted by Crippen LogP contribution is -2.56. The smallest absolute Gasteiger partial charge is 0.333 e. The number of carbonyl (C=O) groups is 1. The van der Waals surface area contributed by atoms with Crippen molar-refractivity contribution in [1.29, 1.82) is 0 Å². The van der Waals surface area contributed by atoms with Crippen LogP contribution < -0.4 is 0 Å². The molecule has 7 heteroatoms. The molecule has 5 atom stereocenters. The molecule has 3 saturated heterocycles. The number of carbonyl (C=O) groups excluding carboxylic acids is 1. The van der Waals surface area contributed by atoms with E-state index in [0.29, 0.717) is 5.57 Å². The minimum atomic E-state index is -0.576. The quantitative estimate of drug-likeness (QED) is 0.524. The lowest BCUT2D eigenvalue weighted by atomic mass is 9.94. The summed E-state index contributed by atoms with van der Waals surface area (Å²) in [6, 6.07) is 0. The fraction of sp³-hybridized carbons (Fsp3) is 0.864. The zero-order chi connectivity index (χ0) is 20.1. The third kappa shape index (κ3) is 3.65. The van der Waals surface area contributed by atoms with Crippen molar-refractivity contribution in [3.63, 3.8) is 0 Å². The average molecular weight is 408 g/mol. The van der Waals surface area contributed by atoms with Crippen LogP contribution in [0.3, 0.4) is 0 Å². The van der Waals surface area contributed by atoms with E-state index in [1.165, 1.54) is 12.8 Å². The minimum absolute atomic E-state index is 0.0892. The van der Waals surface area contributed by atoms with Gasteiger partial charge in [-0.05, 0) is 32.6 Å². The van der Waals surface area contributed by atoms with Crippen molar-refractivity contribution in [1.82, 2.24) is 0 Å². The van der Waals surface area contributed by atoms with Crippen molar-refractivity contribution in [2.45, 2.75) is 113 Å². The Hall–Kier alpha value is -0.990. The molecule has 0 aromatic rings. The maximum Gasteiger partial charge on any atom is 0.333 e. The first-order valence-electron chi connectivity index (χ1n) is 11.2. The van der Waals surface area contributed by atoms with Crippen LogP contribution in [0.1, 0.15) is 71.1 Å². The van der Waals surface area contributed by atoms with Gasteiger partial charge in [-0.1, -0.05) is 19.4 Å². The molecule has 7 nitrogen and oxygen atoms in total. The third-order valence-electron chi connectivity index (χ3n) is 6.93. The van der Waals surface area contributed by atoms with E-state index in [2.05, 4.69) is 6.58 Å². The van der Waals surface area contributed by atoms with Gasteiger partial charge in [0.05, 0.1) is 0 Å². The van der Waals surface area contributed by atoms with Crippen molar-refractivity contribution in [3.8, 4) is 0 Å². The molecule has 3 heterocycles. The van der Waals surface area contributed by atoms with Gasteiger partial charge in [0, 0.05) is 31.3 Å². The molecule has 0 unspecified atom stereocenters. The van der Waals surface area contributed by atoms with Crippen LogP contribution >= 0.6 is 0 Å². The molecule has 2 spiro atoms. The summed E-state index contributed by atoms with van der Waals surface area (Å²) in [5.74, 6) is -1.58. The summed E-state index contributed by atoms with van der Waals surface area (Å²) in [6.45, 7) is 5.37. The van der Waals surface area contributed by atoms with E-state index < -0.39 is 29.9 Å². The molecular formula is C22H32O7. The summed E-state index contributed by atoms with van der Waals surface area (Å²) in [4.78, 5) is 11.9. The van der Waals surface area contributed by atoms with Gasteiger partial charge in [-0.3, -0.25) is 0 Å². The summed E-state index contributed by atoms with van der Waals surface area (Å²) in [6.07, 6.45) is 8.38. The van der Waals surface area contributed by atoms with Crippen molar-refractivity contribution in [2.24, 2.45) is 0 Å². The van der Waals surface area contributed by atoms with E-state index in [4.69, 9.17) is 28.4 Å². The highest BCUT2D eigenvalue weighted by Gasteiger charge is 2.64. The first-order chi connectivity index (χ1) is 14.0. The Labute approximate surface area is 172 Å². The first-order valence-corrected chi connectivity index (χ1v) is 11.2. The maximum atomic E-state index is 11.9. The van der Waals surface area contributed by atoms with Gasteiger partial charge in [-0.15, -0.1) is 0 Å².